The third-order valence-corrected chi connectivity index (χ3v) is 5.51. The third kappa shape index (κ3) is 12.3. The van der Waals surface area contributed by atoms with E-state index in [1.165, 1.54) is 0 Å². The van der Waals surface area contributed by atoms with E-state index in [1.807, 2.05) is 0 Å². The Hall–Kier alpha value is -4.04. The molecular weight excluding hydrogens is 500 g/mol. The molecule has 14 nitrogen and oxygen atoms in total. The highest BCUT2D eigenvalue weighted by Gasteiger charge is 2.31. The van der Waals surface area contributed by atoms with E-state index >= 15 is 0 Å². The number of carbonyl (C=O) groups is 6. The first-order valence-corrected chi connectivity index (χ1v) is 12.1. The summed E-state index contributed by atoms with van der Waals surface area (Å²) in [5, 5.41) is 25.4. The fourth-order valence-corrected chi connectivity index (χ4v) is 3.48. The molecule has 0 radical (unpaired) electrons. The molecule has 0 saturated carbocycles. The van der Waals surface area contributed by atoms with Crippen molar-refractivity contribution in [1.29, 1.82) is 0 Å². The van der Waals surface area contributed by atoms with Gasteiger partial charge in [0.25, 0.3) is 0 Å². The van der Waals surface area contributed by atoms with Gasteiger partial charge in [0.2, 0.25) is 23.6 Å². The Kier molecular flexibility index (Phi) is 14.0. The molecule has 0 aliphatic rings. The fourth-order valence-electron chi connectivity index (χ4n) is 3.48. The number of nitrogens with two attached hydrogens (primary N) is 3. The summed E-state index contributed by atoms with van der Waals surface area (Å²) < 4.78 is 0. The van der Waals surface area contributed by atoms with Gasteiger partial charge in [0, 0.05) is 6.42 Å². The van der Waals surface area contributed by atoms with E-state index in [0.29, 0.717) is 19.4 Å². The number of aliphatic carboxylic acids is 2. The maximum Gasteiger partial charge on any atom is 0.326 e. The van der Waals surface area contributed by atoms with Gasteiger partial charge in [0.15, 0.2) is 0 Å². The van der Waals surface area contributed by atoms with Crippen LogP contribution in [-0.2, 0) is 35.2 Å². The second-order valence-electron chi connectivity index (χ2n) is 8.71. The van der Waals surface area contributed by atoms with Gasteiger partial charge in [0.1, 0.15) is 18.1 Å². The minimum Gasteiger partial charge on any atom is -0.481 e. The zero-order valence-electron chi connectivity index (χ0n) is 20.9. The summed E-state index contributed by atoms with van der Waals surface area (Å²) in [6, 6.07) is 3.64. The molecule has 0 heterocycles. The van der Waals surface area contributed by atoms with E-state index < -0.39 is 72.6 Å². The van der Waals surface area contributed by atoms with E-state index in [0.717, 1.165) is 5.56 Å². The van der Waals surface area contributed by atoms with Gasteiger partial charge in [-0.05, 0) is 44.2 Å². The van der Waals surface area contributed by atoms with Crippen molar-refractivity contribution in [3.8, 4) is 0 Å². The van der Waals surface area contributed by atoms with Gasteiger partial charge in [-0.1, -0.05) is 30.3 Å². The Bertz CT molecular complexity index is 974. The second-order valence-corrected chi connectivity index (χ2v) is 8.71. The summed E-state index contributed by atoms with van der Waals surface area (Å²) in [7, 11) is 0. The number of unbranched alkanes of at least 4 members (excludes halogenated alkanes) is 1. The van der Waals surface area contributed by atoms with Crippen LogP contribution < -0.4 is 33.2 Å². The van der Waals surface area contributed by atoms with E-state index in [1.54, 1.807) is 30.3 Å². The molecule has 1 rings (SSSR count). The fraction of sp³-hybridized carbons (Fsp3) is 0.500. The number of primary amides is 1. The lowest BCUT2D eigenvalue weighted by molar-refractivity contribution is -0.143. The molecule has 0 aliphatic heterocycles. The quantitative estimate of drug-likeness (QED) is 0.0953. The molecule has 0 fully saturated rings. The Labute approximate surface area is 219 Å². The smallest absolute Gasteiger partial charge is 0.326 e. The third-order valence-electron chi connectivity index (χ3n) is 5.51. The van der Waals surface area contributed by atoms with Crippen molar-refractivity contribution < 1.29 is 39.0 Å². The standard InChI is InChI=1S/C24H36N6O8/c25-11-5-4-8-16(22(35)30-18(24(37)38)13-19(27)31)29-23(36)17(9-10-20(32)33)28-21(34)15(26)12-14-6-2-1-3-7-14/h1-3,6-7,15-18H,4-5,8-13,25-26H2,(H2,27,31)(H,28,34)(H,29,36)(H,30,35)(H,32,33)(H,37,38). The van der Waals surface area contributed by atoms with E-state index in [9.17, 15) is 33.9 Å². The molecule has 14 heteroatoms. The molecule has 0 bridgehead atoms. The van der Waals surface area contributed by atoms with Crippen molar-refractivity contribution in [2.75, 3.05) is 6.54 Å². The van der Waals surface area contributed by atoms with E-state index in [4.69, 9.17) is 22.3 Å². The van der Waals surface area contributed by atoms with Crippen LogP contribution in [0.15, 0.2) is 30.3 Å². The van der Waals surface area contributed by atoms with Crippen LogP contribution in [-0.4, -0.2) is 76.5 Å². The number of hydrogen-bond acceptors (Lipinski definition) is 8. The first-order chi connectivity index (χ1) is 17.9. The van der Waals surface area contributed by atoms with Crippen LogP contribution >= 0.6 is 0 Å². The summed E-state index contributed by atoms with van der Waals surface area (Å²) in [4.78, 5) is 72.3. The monoisotopic (exact) mass is 536 g/mol. The number of carboxylic acid groups (broad SMARTS) is 2. The van der Waals surface area contributed by atoms with Crippen molar-refractivity contribution in [3.63, 3.8) is 0 Å². The largest absolute Gasteiger partial charge is 0.481 e. The van der Waals surface area contributed by atoms with Gasteiger partial charge in [-0.2, -0.15) is 0 Å². The van der Waals surface area contributed by atoms with E-state index in [-0.39, 0.29) is 19.3 Å². The number of carboxylic acids is 2. The van der Waals surface area contributed by atoms with Crippen LogP contribution in [0.4, 0.5) is 0 Å². The SMILES string of the molecule is NCCCCC(NC(=O)C(CCC(=O)O)NC(=O)C(N)Cc1ccccc1)C(=O)NC(CC(N)=O)C(=O)O. The average molecular weight is 537 g/mol. The Morgan fingerprint density at radius 1 is 0.789 bits per heavy atom. The van der Waals surface area contributed by atoms with Crippen LogP contribution in [0.3, 0.4) is 0 Å². The predicted octanol–water partition coefficient (Wildman–Crippen LogP) is -2.04. The number of benzene rings is 1. The predicted molar refractivity (Wildman–Crippen MR) is 135 cm³/mol. The minimum absolute atomic E-state index is 0.0603. The van der Waals surface area contributed by atoms with Gasteiger partial charge in [-0.3, -0.25) is 24.0 Å². The van der Waals surface area contributed by atoms with Crippen LogP contribution in [0, 0.1) is 0 Å². The topological polar surface area (TPSA) is 257 Å². The molecule has 210 valence electrons. The number of hydrogen-bond donors (Lipinski definition) is 8. The summed E-state index contributed by atoms with van der Waals surface area (Å²) in [6.07, 6.45) is -0.308. The molecule has 0 spiro atoms. The minimum atomic E-state index is -1.62. The Morgan fingerprint density at radius 2 is 1.34 bits per heavy atom. The number of nitrogens with one attached hydrogen (secondary N) is 3. The molecular formula is C24H36N6O8. The van der Waals surface area contributed by atoms with Crippen molar-refractivity contribution in [1.82, 2.24) is 16.0 Å². The first-order valence-electron chi connectivity index (χ1n) is 12.1. The molecule has 0 aliphatic carbocycles. The summed E-state index contributed by atoms with van der Waals surface area (Å²) in [6.45, 7) is 0.304. The van der Waals surface area contributed by atoms with E-state index in [2.05, 4.69) is 16.0 Å². The molecule has 11 N–H and O–H groups in total. The maximum atomic E-state index is 13.1. The average Bonchev–Trinajstić information content (AvgIpc) is 2.85. The van der Waals surface area contributed by atoms with Crippen molar-refractivity contribution in [2.24, 2.45) is 17.2 Å². The molecule has 1 aromatic carbocycles. The molecule has 1 aromatic rings. The molecule has 0 saturated heterocycles. The van der Waals surface area contributed by atoms with Crippen LogP contribution in [0.25, 0.3) is 0 Å². The normalized spacial score (nSPS) is 13.8. The van der Waals surface area contributed by atoms with Crippen molar-refractivity contribution in [2.45, 2.75) is 69.1 Å². The summed E-state index contributed by atoms with van der Waals surface area (Å²) in [5.74, 6) is -6.11. The lowest BCUT2D eigenvalue weighted by Crippen LogP contribution is -2.57. The lowest BCUT2D eigenvalue weighted by Gasteiger charge is -2.25. The van der Waals surface area contributed by atoms with Gasteiger partial charge in [-0.15, -0.1) is 0 Å². The maximum absolute atomic E-state index is 13.1. The molecule has 4 unspecified atom stereocenters. The van der Waals surface area contributed by atoms with Gasteiger partial charge >= 0.3 is 11.9 Å². The lowest BCUT2D eigenvalue weighted by atomic mass is 10.0. The highest BCUT2D eigenvalue weighted by Crippen LogP contribution is 2.07. The first kappa shape index (κ1) is 32.0. The molecule has 4 atom stereocenters. The number of carbonyl (C=O) groups excluding carboxylic acids is 4. The van der Waals surface area contributed by atoms with Crippen LogP contribution in [0.1, 0.15) is 44.1 Å². The summed E-state index contributed by atoms with van der Waals surface area (Å²) in [5.41, 5.74) is 17.3. The van der Waals surface area contributed by atoms with Gasteiger partial charge < -0.3 is 43.4 Å². The molecule has 4 amide bonds. The summed E-state index contributed by atoms with van der Waals surface area (Å²) >= 11 is 0. The second kappa shape index (κ2) is 16.7. The van der Waals surface area contributed by atoms with Gasteiger partial charge in [0.05, 0.1) is 12.5 Å². The van der Waals surface area contributed by atoms with Crippen LogP contribution in [0.5, 0.6) is 0 Å². The Balaban J connectivity index is 3.01. The highest BCUT2D eigenvalue weighted by molar-refractivity contribution is 5.95. The zero-order valence-corrected chi connectivity index (χ0v) is 20.9. The zero-order chi connectivity index (χ0) is 28.7. The van der Waals surface area contributed by atoms with Gasteiger partial charge in [-0.25, -0.2) is 4.79 Å². The van der Waals surface area contributed by atoms with Crippen molar-refractivity contribution in [3.05, 3.63) is 35.9 Å². The number of amides is 4. The highest BCUT2D eigenvalue weighted by atomic mass is 16.4. The van der Waals surface area contributed by atoms with Crippen LogP contribution in [0.2, 0.25) is 0 Å². The van der Waals surface area contributed by atoms with Crippen molar-refractivity contribution >= 4 is 35.6 Å². The number of rotatable bonds is 18. The molecule has 0 aromatic heterocycles. The Morgan fingerprint density at radius 3 is 1.87 bits per heavy atom. The molecule has 38 heavy (non-hydrogen) atoms.